The Labute approximate surface area is 123 Å². The van der Waals surface area contributed by atoms with Gasteiger partial charge in [-0.2, -0.15) is 0 Å². The minimum atomic E-state index is -0.337. The van der Waals surface area contributed by atoms with Crippen LogP contribution in [0.15, 0.2) is 18.2 Å². The number of aryl methyl sites for hydroxylation is 1. The molecule has 110 valence electrons. The molecule has 0 saturated carbocycles. The number of nitrogens with two attached hydrogens (primary N) is 1. The summed E-state index contributed by atoms with van der Waals surface area (Å²) in [6, 6.07) is 5.30. The molecule has 1 unspecified atom stereocenters. The highest BCUT2D eigenvalue weighted by atomic mass is 32.2. The van der Waals surface area contributed by atoms with Crippen LogP contribution in [-0.2, 0) is 14.3 Å². The Morgan fingerprint density at radius 2 is 2.15 bits per heavy atom. The summed E-state index contributed by atoms with van der Waals surface area (Å²) in [5.41, 5.74) is 7.95. The lowest BCUT2D eigenvalue weighted by molar-refractivity contribution is -0.139. The van der Waals surface area contributed by atoms with Crippen molar-refractivity contribution in [3.05, 3.63) is 23.8 Å². The van der Waals surface area contributed by atoms with Crippen LogP contribution < -0.4 is 11.1 Å². The van der Waals surface area contributed by atoms with Crippen molar-refractivity contribution in [1.29, 1.82) is 0 Å². The van der Waals surface area contributed by atoms with E-state index in [2.05, 4.69) is 5.32 Å². The zero-order valence-corrected chi connectivity index (χ0v) is 12.8. The first-order valence-corrected chi connectivity index (χ1v) is 7.43. The molecule has 1 aromatic carbocycles. The normalized spacial score (nSPS) is 11.8. The summed E-state index contributed by atoms with van der Waals surface area (Å²) < 4.78 is 4.82. The van der Waals surface area contributed by atoms with Crippen LogP contribution in [0.25, 0.3) is 0 Å². The third-order valence-corrected chi connectivity index (χ3v) is 3.75. The lowest BCUT2D eigenvalue weighted by atomic mass is 10.2. The number of amides is 1. The molecule has 0 spiro atoms. The van der Waals surface area contributed by atoms with E-state index >= 15 is 0 Å². The van der Waals surface area contributed by atoms with Crippen molar-refractivity contribution in [1.82, 2.24) is 0 Å². The van der Waals surface area contributed by atoms with Gasteiger partial charge in [-0.3, -0.25) is 9.59 Å². The first-order valence-electron chi connectivity index (χ1n) is 6.38. The van der Waals surface area contributed by atoms with Crippen molar-refractivity contribution in [2.75, 3.05) is 23.4 Å². The van der Waals surface area contributed by atoms with E-state index in [-0.39, 0.29) is 22.9 Å². The molecule has 1 aromatic rings. The zero-order chi connectivity index (χ0) is 15.1. The van der Waals surface area contributed by atoms with Gasteiger partial charge in [-0.25, -0.2) is 0 Å². The third-order valence-electron chi connectivity index (χ3n) is 2.63. The summed E-state index contributed by atoms with van der Waals surface area (Å²) in [5, 5.41) is 2.49. The van der Waals surface area contributed by atoms with Gasteiger partial charge >= 0.3 is 5.97 Å². The van der Waals surface area contributed by atoms with E-state index < -0.39 is 0 Å². The Kier molecular flexibility index (Phi) is 6.38. The van der Waals surface area contributed by atoms with Crippen LogP contribution >= 0.6 is 11.8 Å². The van der Waals surface area contributed by atoms with Crippen molar-refractivity contribution in [2.45, 2.75) is 26.0 Å². The number of esters is 1. The summed E-state index contributed by atoms with van der Waals surface area (Å²) in [5.74, 6) is -0.281. The number of nitrogens with one attached hydrogen (secondary N) is 1. The number of thioether (sulfide) groups is 1. The van der Waals surface area contributed by atoms with Gasteiger partial charge in [0.05, 0.1) is 17.6 Å². The number of ether oxygens (including phenoxy) is 1. The zero-order valence-electron chi connectivity index (χ0n) is 11.9. The summed E-state index contributed by atoms with van der Waals surface area (Å²) in [7, 11) is 0. The molecule has 0 bridgehead atoms. The van der Waals surface area contributed by atoms with Gasteiger partial charge in [0.1, 0.15) is 0 Å². The van der Waals surface area contributed by atoms with Crippen LogP contribution in [0.2, 0.25) is 0 Å². The number of hydrogen-bond acceptors (Lipinski definition) is 5. The Balaban J connectivity index is 2.51. The van der Waals surface area contributed by atoms with Crippen LogP contribution in [0.1, 0.15) is 19.4 Å². The second-order valence-electron chi connectivity index (χ2n) is 4.32. The fourth-order valence-electron chi connectivity index (χ4n) is 1.53. The van der Waals surface area contributed by atoms with Gasteiger partial charge in [0.15, 0.2) is 0 Å². The smallest absolute Gasteiger partial charge is 0.315 e. The molecule has 0 heterocycles. The SMILES string of the molecule is CCOC(=O)CSC(C)C(=O)Nc1ccc(N)cc1C. The van der Waals surface area contributed by atoms with Crippen LogP contribution in [-0.4, -0.2) is 29.5 Å². The minimum Gasteiger partial charge on any atom is -0.465 e. The fourth-order valence-corrected chi connectivity index (χ4v) is 2.21. The molecule has 6 heteroatoms. The minimum absolute atomic E-state index is 0.146. The van der Waals surface area contributed by atoms with E-state index in [4.69, 9.17) is 10.5 Å². The van der Waals surface area contributed by atoms with Gasteiger partial charge in [-0.1, -0.05) is 0 Å². The maximum Gasteiger partial charge on any atom is 0.315 e. The lowest BCUT2D eigenvalue weighted by Crippen LogP contribution is -2.24. The van der Waals surface area contributed by atoms with E-state index in [1.165, 1.54) is 11.8 Å². The predicted molar refractivity (Wildman–Crippen MR) is 82.8 cm³/mol. The third kappa shape index (κ3) is 5.13. The summed E-state index contributed by atoms with van der Waals surface area (Å²) in [4.78, 5) is 23.2. The van der Waals surface area contributed by atoms with Crippen LogP contribution in [0, 0.1) is 6.92 Å². The molecule has 0 aliphatic rings. The maximum atomic E-state index is 12.0. The topological polar surface area (TPSA) is 81.4 Å². The molecule has 0 aliphatic heterocycles. The molecule has 0 saturated heterocycles. The van der Waals surface area contributed by atoms with Gasteiger partial charge in [0, 0.05) is 11.4 Å². The van der Waals surface area contributed by atoms with Crippen LogP contribution in [0.4, 0.5) is 11.4 Å². The first kappa shape index (κ1) is 16.4. The lowest BCUT2D eigenvalue weighted by Gasteiger charge is -2.13. The molecular weight excluding hydrogens is 276 g/mol. The molecular formula is C14H20N2O3S. The average Bonchev–Trinajstić information content (AvgIpc) is 2.39. The van der Waals surface area contributed by atoms with Gasteiger partial charge in [0.25, 0.3) is 0 Å². The average molecular weight is 296 g/mol. The number of carbonyl (C=O) groups is 2. The molecule has 0 fully saturated rings. The van der Waals surface area contributed by atoms with Crippen LogP contribution in [0.5, 0.6) is 0 Å². The highest BCUT2D eigenvalue weighted by Gasteiger charge is 2.16. The standard InChI is InChI=1S/C14H20N2O3S/c1-4-19-13(17)8-20-10(3)14(18)16-12-6-5-11(15)7-9(12)2/h5-7,10H,4,8,15H2,1-3H3,(H,16,18). The maximum absolute atomic E-state index is 12.0. The monoisotopic (exact) mass is 296 g/mol. The molecule has 3 N–H and O–H groups in total. The summed E-state index contributed by atoms with van der Waals surface area (Å²) in [6.45, 7) is 5.74. The number of hydrogen-bond donors (Lipinski definition) is 2. The van der Waals surface area contributed by atoms with Crippen LogP contribution in [0.3, 0.4) is 0 Å². The van der Waals surface area contributed by atoms with E-state index in [1.807, 2.05) is 6.92 Å². The number of carbonyl (C=O) groups excluding carboxylic acids is 2. The van der Waals surface area contributed by atoms with Crippen molar-refractivity contribution >= 4 is 35.0 Å². The Hall–Kier alpha value is -1.69. The number of benzene rings is 1. The van der Waals surface area contributed by atoms with E-state index in [0.717, 1.165) is 11.3 Å². The summed E-state index contributed by atoms with van der Waals surface area (Å²) >= 11 is 1.25. The van der Waals surface area contributed by atoms with E-state index in [9.17, 15) is 9.59 Å². The number of nitrogen functional groups attached to an aromatic ring is 1. The predicted octanol–water partition coefficient (Wildman–Crippen LogP) is 2.20. The quantitative estimate of drug-likeness (QED) is 0.621. The molecule has 5 nitrogen and oxygen atoms in total. The molecule has 1 amide bonds. The molecule has 0 aliphatic carbocycles. The second-order valence-corrected chi connectivity index (χ2v) is 5.65. The molecule has 0 aromatic heterocycles. The fraction of sp³-hybridized carbons (Fsp3) is 0.429. The van der Waals surface area contributed by atoms with E-state index in [1.54, 1.807) is 32.0 Å². The Bertz CT molecular complexity index is 491. The van der Waals surface area contributed by atoms with Crippen molar-refractivity contribution in [3.63, 3.8) is 0 Å². The summed E-state index contributed by atoms with van der Waals surface area (Å²) in [6.07, 6.45) is 0. The highest BCUT2D eigenvalue weighted by Crippen LogP contribution is 2.19. The van der Waals surface area contributed by atoms with E-state index in [0.29, 0.717) is 12.3 Å². The second kappa shape index (κ2) is 7.79. The van der Waals surface area contributed by atoms with Gasteiger partial charge < -0.3 is 15.8 Å². The van der Waals surface area contributed by atoms with Gasteiger partial charge in [-0.15, -0.1) is 11.8 Å². The van der Waals surface area contributed by atoms with Crippen molar-refractivity contribution in [2.24, 2.45) is 0 Å². The number of anilines is 2. The highest BCUT2D eigenvalue weighted by molar-refractivity contribution is 8.01. The molecule has 0 radical (unpaired) electrons. The van der Waals surface area contributed by atoms with Gasteiger partial charge in [0.2, 0.25) is 5.91 Å². The van der Waals surface area contributed by atoms with Gasteiger partial charge in [-0.05, 0) is 44.5 Å². The number of rotatable bonds is 6. The van der Waals surface area contributed by atoms with Crippen molar-refractivity contribution < 1.29 is 14.3 Å². The molecule has 1 rings (SSSR count). The molecule has 1 atom stereocenters. The van der Waals surface area contributed by atoms with Crippen molar-refractivity contribution in [3.8, 4) is 0 Å². The Morgan fingerprint density at radius 3 is 2.75 bits per heavy atom. The Morgan fingerprint density at radius 1 is 1.45 bits per heavy atom. The molecule has 20 heavy (non-hydrogen) atoms. The first-order chi connectivity index (χ1) is 9.43. The largest absolute Gasteiger partial charge is 0.465 e.